The molecule has 3 fully saturated rings. The molecule has 0 aromatic rings. The van der Waals surface area contributed by atoms with Crippen LogP contribution in [-0.4, -0.2) is 79.1 Å². The number of urea groups is 1. The van der Waals surface area contributed by atoms with Gasteiger partial charge in [0.2, 0.25) is 5.91 Å². The number of nitrogens with zero attached hydrogens (tertiary/aromatic N) is 3. The van der Waals surface area contributed by atoms with Gasteiger partial charge in [0, 0.05) is 45.7 Å². The maximum Gasteiger partial charge on any atom is 0.320 e. The molecule has 1 aliphatic carbocycles. The minimum absolute atomic E-state index is 0.103. The SMILES string of the molecule is O=C(CCC1CCCC1)N1CCN(C(=O)N2CCOCC2)CC1. The molecular formula is C17H29N3O3. The number of hydrogen-bond acceptors (Lipinski definition) is 3. The van der Waals surface area contributed by atoms with Gasteiger partial charge in [0.25, 0.3) is 0 Å². The van der Waals surface area contributed by atoms with Crippen LogP contribution >= 0.6 is 0 Å². The average molecular weight is 323 g/mol. The van der Waals surface area contributed by atoms with Gasteiger partial charge in [0.05, 0.1) is 13.2 Å². The van der Waals surface area contributed by atoms with Crippen LogP contribution in [0.2, 0.25) is 0 Å². The highest BCUT2D eigenvalue weighted by molar-refractivity contribution is 5.77. The first kappa shape index (κ1) is 16.6. The lowest BCUT2D eigenvalue weighted by Gasteiger charge is -2.38. The van der Waals surface area contributed by atoms with Gasteiger partial charge in [-0.15, -0.1) is 0 Å². The van der Waals surface area contributed by atoms with Crippen molar-refractivity contribution in [3.63, 3.8) is 0 Å². The number of carbonyl (C=O) groups excluding carboxylic acids is 2. The molecule has 0 unspecified atom stereocenters. The van der Waals surface area contributed by atoms with E-state index in [2.05, 4.69) is 0 Å². The number of ether oxygens (including phenoxy) is 1. The van der Waals surface area contributed by atoms with Gasteiger partial charge in [0.1, 0.15) is 0 Å². The Labute approximate surface area is 138 Å². The summed E-state index contributed by atoms with van der Waals surface area (Å²) in [6.45, 7) is 5.30. The Balaban J connectivity index is 1.38. The molecule has 130 valence electrons. The van der Waals surface area contributed by atoms with Crippen LogP contribution in [-0.2, 0) is 9.53 Å². The smallest absolute Gasteiger partial charge is 0.320 e. The summed E-state index contributed by atoms with van der Waals surface area (Å²) in [5.41, 5.74) is 0. The number of rotatable bonds is 3. The molecule has 3 rings (SSSR count). The highest BCUT2D eigenvalue weighted by atomic mass is 16.5. The van der Waals surface area contributed by atoms with Gasteiger partial charge < -0.3 is 19.4 Å². The van der Waals surface area contributed by atoms with E-state index in [0.29, 0.717) is 58.9 Å². The van der Waals surface area contributed by atoms with E-state index in [0.717, 1.165) is 12.3 Å². The maximum atomic E-state index is 12.4. The summed E-state index contributed by atoms with van der Waals surface area (Å²) in [6, 6.07) is 0.103. The molecule has 1 saturated carbocycles. The topological polar surface area (TPSA) is 53.1 Å². The van der Waals surface area contributed by atoms with Gasteiger partial charge in [0.15, 0.2) is 0 Å². The monoisotopic (exact) mass is 323 g/mol. The van der Waals surface area contributed by atoms with Crippen molar-refractivity contribution in [1.82, 2.24) is 14.7 Å². The zero-order chi connectivity index (χ0) is 16.1. The van der Waals surface area contributed by atoms with E-state index in [1.807, 2.05) is 14.7 Å². The second-order valence-electron chi connectivity index (χ2n) is 6.94. The van der Waals surface area contributed by atoms with Gasteiger partial charge in [-0.2, -0.15) is 0 Å². The van der Waals surface area contributed by atoms with Crippen LogP contribution in [0.4, 0.5) is 4.79 Å². The fourth-order valence-electron chi connectivity index (χ4n) is 3.89. The van der Waals surface area contributed by atoms with E-state index < -0.39 is 0 Å². The summed E-state index contributed by atoms with van der Waals surface area (Å²) in [6.07, 6.45) is 7.00. The molecule has 2 saturated heterocycles. The van der Waals surface area contributed by atoms with Crippen molar-refractivity contribution in [2.75, 3.05) is 52.5 Å². The van der Waals surface area contributed by atoms with Gasteiger partial charge in [-0.3, -0.25) is 4.79 Å². The fraction of sp³-hybridized carbons (Fsp3) is 0.882. The van der Waals surface area contributed by atoms with Crippen molar-refractivity contribution >= 4 is 11.9 Å². The number of carbonyl (C=O) groups is 2. The number of morpholine rings is 1. The number of amides is 3. The first-order valence-electron chi connectivity index (χ1n) is 9.13. The molecule has 0 spiro atoms. The summed E-state index contributed by atoms with van der Waals surface area (Å²) < 4.78 is 5.29. The van der Waals surface area contributed by atoms with E-state index >= 15 is 0 Å². The molecule has 0 aromatic heterocycles. The molecule has 0 radical (unpaired) electrons. The zero-order valence-corrected chi connectivity index (χ0v) is 14.0. The minimum atomic E-state index is 0.103. The summed E-state index contributed by atoms with van der Waals surface area (Å²) in [7, 11) is 0. The molecule has 3 aliphatic rings. The highest BCUT2D eigenvalue weighted by Gasteiger charge is 2.28. The lowest BCUT2D eigenvalue weighted by Crippen LogP contribution is -2.55. The van der Waals surface area contributed by atoms with Crippen molar-refractivity contribution in [1.29, 1.82) is 0 Å². The van der Waals surface area contributed by atoms with Crippen molar-refractivity contribution in [3.8, 4) is 0 Å². The number of piperazine rings is 1. The molecule has 3 amide bonds. The van der Waals surface area contributed by atoms with Crippen LogP contribution in [0.3, 0.4) is 0 Å². The summed E-state index contributed by atoms with van der Waals surface area (Å²) in [5.74, 6) is 1.04. The highest BCUT2D eigenvalue weighted by Crippen LogP contribution is 2.28. The summed E-state index contributed by atoms with van der Waals surface area (Å²) in [4.78, 5) is 30.4. The van der Waals surface area contributed by atoms with Crippen molar-refractivity contribution in [3.05, 3.63) is 0 Å². The van der Waals surface area contributed by atoms with E-state index in [-0.39, 0.29) is 11.9 Å². The van der Waals surface area contributed by atoms with Gasteiger partial charge >= 0.3 is 6.03 Å². The first-order chi connectivity index (χ1) is 11.2. The molecular weight excluding hydrogens is 294 g/mol. The van der Waals surface area contributed by atoms with Crippen LogP contribution < -0.4 is 0 Å². The Hall–Kier alpha value is -1.30. The van der Waals surface area contributed by atoms with Crippen LogP contribution in [0.1, 0.15) is 38.5 Å². The summed E-state index contributed by atoms with van der Waals surface area (Å²) >= 11 is 0. The van der Waals surface area contributed by atoms with Crippen molar-refractivity contribution in [2.24, 2.45) is 5.92 Å². The molecule has 0 N–H and O–H groups in total. The molecule has 6 heteroatoms. The van der Waals surface area contributed by atoms with Crippen molar-refractivity contribution in [2.45, 2.75) is 38.5 Å². The quantitative estimate of drug-likeness (QED) is 0.792. The number of hydrogen-bond donors (Lipinski definition) is 0. The van der Waals surface area contributed by atoms with Crippen LogP contribution in [0, 0.1) is 5.92 Å². The van der Waals surface area contributed by atoms with E-state index in [1.165, 1.54) is 25.7 Å². The molecule has 23 heavy (non-hydrogen) atoms. The molecule has 0 atom stereocenters. The lowest BCUT2D eigenvalue weighted by atomic mass is 10.0. The molecule has 2 heterocycles. The Morgan fingerprint density at radius 2 is 1.39 bits per heavy atom. The third-order valence-electron chi connectivity index (χ3n) is 5.43. The zero-order valence-electron chi connectivity index (χ0n) is 14.0. The lowest BCUT2D eigenvalue weighted by molar-refractivity contribution is -0.133. The second kappa shape index (κ2) is 7.99. The van der Waals surface area contributed by atoms with Crippen LogP contribution in [0.25, 0.3) is 0 Å². The van der Waals surface area contributed by atoms with Crippen molar-refractivity contribution < 1.29 is 14.3 Å². The van der Waals surface area contributed by atoms with E-state index in [1.54, 1.807) is 0 Å². The largest absolute Gasteiger partial charge is 0.378 e. The Morgan fingerprint density at radius 1 is 0.826 bits per heavy atom. The second-order valence-corrected chi connectivity index (χ2v) is 6.94. The predicted molar refractivity (Wildman–Crippen MR) is 87.1 cm³/mol. The molecule has 0 bridgehead atoms. The van der Waals surface area contributed by atoms with E-state index in [4.69, 9.17) is 4.74 Å². The maximum absolute atomic E-state index is 12.4. The third kappa shape index (κ3) is 4.37. The van der Waals surface area contributed by atoms with E-state index in [9.17, 15) is 9.59 Å². The standard InChI is InChI=1S/C17H29N3O3/c21-16(6-5-15-3-1-2-4-15)18-7-9-19(10-8-18)17(22)20-11-13-23-14-12-20/h15H,1-14H2. The normalized spacial score (nSPS) is 23.4. The molecule has 0 aromatic carbocycles. The molecule has 2 aliphatic heterocycles. The fourth-order valence-corrected chi connectivity index (χ4v) is 3.89. The van der Waals surface area contributed by atoms with Crippen LogP contribution in [0.15, 0.2) is 0 Å². The first-order valence-corrected chi connectivity index (χ1v) is 9.13. The Morgan fingerprint density at radius 3 is 2.04 bits per heavy atom. The predicted octanol–water partition coefficient (Wildman–Crippen LogP) is 1.55. The summed E-state index contributed by atoms with van der Waals surface area (Å²) in [5, 5.41) is 0. The molecule has 6 nitrogen and oxygen atoms in total. The van der Waals surface area contributed by atoms with Gasteiger partial charge in [-0.1, -0.05) is 25.7 Å². The van der Waals surface area contributed by atoms with Gasteiger partial charge in [-0.05, 0) is 12.3 Å². The van der Waals surface area contributed by atoms with Gasteiger partial charge in [-0.25, -0.2) is 4.79 Å². The average Bonchev–Trinajstić information content (AvgIpc) is 3.13. The third-order valence-corrected chi connectivity index (χ3v) is 5.43. The minimum Gasteiger partial charge on any atom is -0.378 e. The Kier molecular flexibility index (Phi) is 5.75. The Bertz CT molecular complexity index is 409. The van der Waals surface area contributed by atoms with Crippen LogP contribution in [0.5, 0.6) is 0 Å².